The summed E-state index contributed by atoms with van der Waals surface area (Å²) in [6.07, 6.45) is 0.394. The molecule has 5 heteroatoms. The van der Waals surface area contributed by atoms with Crippen LogP contribution in [0.5, 0.6) is 0 Å². The average molecular weight is 289 g/mol. The molecule has 1 rings (SSSR count). The third-order valence-electron chi connectivity index (χ3n) is 2.09. The van der Waals surface area contributed by atoms with Gasteiger partial charge in [-0.15, -0.1) is 0 Å². The van der Waals surface area contributed by atoms with Crippen molar-refractivity contribution in [2.24, 2.45) is 0 Å². The van der Waals surface area contributed by atoms with Crippen LogP contribution in [0.3, 0.4) is 0 Å². The second kappa shape index (κ2) is 5.84. The van der Waals surface area contributed by atoms with Crippen LogP contribution < -0.4 is 5.32 Å². The van der Waals surface area contributed by atoms with Gasteiger partial charge in [-0.25, -0.2) is 4.39 Å². The summed E-state index contributed by atoms with van der Waals surface area (Å²) in [4.78, 5) is 12.8. The van der Waals surface area contributed by atoms with Crippen LogP contribution in [0.25, 0.3) is 0 Å². The number of amides is 1. The van der Waals surface area contributed by atoms with E-state index in [-0.39, 0.29) is 11.7 Å². The molecule has 0 aliphatic heterocycles. The lowest BCUT2D eigenvalue weighted by molar-refractivity contribution is -0.128. The van der Waals surface area contributed by atoms with Crippen LogP contribution >= 0.6 is 15.9 Å². The molecule has 88 valence electrons. The van der Waals surface area contributed by atoms with Gasteiger partial charge in [0.15, 0.2) is 0 Å². The van der Waals surface area contributed by atoms with Crippen molar-refractivity contribution in [2.45, 2.75) is 6.42 Å². The average Bonchev–Trinajstić information content (AvgIpc) is 2.23. The van der Waals surface area contributed by atoms with E-state index in [1.165, 1.54) is 11.0 Å². The monoisotopic (exact) mass is 288 g/mol. The normalized spacial score (nSPS) is 10.0. The first-order chi connectivity index (χ1) is 7.50. The lowest BCUT2D eigenvalue weighted by atomic mass is 10.3. The minimum absolute atomic E-state index is 0.0464. The number of nitrogens with one attached hydrogen (secondary N) is 1. The fourth-order valence-electron chi connectivity index (χ4n) is 1.14. The predicted octanol–water partition coefficient (Wildman–Crippen LogP) is 2.48. The lowest BCUT2D eigenvalue weighted by Gasteiger charge is -2.11. The van der Waals surface area contributed by atoms with Crippen molar-refractivity contribution < 1.29 is 9.18 Å². The van der Waals surface area contributed by atoms with Crippen molar-refractivity contribution >= 4 is 27.5 Å². The van der Waals surface area contributed by atoms with Crippen LogP contribution in [0.2, 0.25) is 0 Å². The zero-order valence-corrected chi connectivity index (χ0v) is 10.8. The van der Waals surface area contributed by atoms with Gasteiger partial charge in [0.2, 0.25) is 5.91 Å². The molecule has 1 amide bonds. The first kappa shape index (κ1) is 13.0. The van der Waals surface area contributed by atoms with Crippen LogP contribution in [-0.4, -0.2) is 31.4 Å². The van der Waals surface area contributed by atoms with Gasteiger partial charge in [0.1, 0.15) is 5.82 Å². The Bertz CT molecular complexity index is 382. The Morgan fingerprint density at radius 1 is 1.50 bits per heavy atom. The van der Waals surface area contributed by atoms with Crippen molar-refractivity contribution in [3.63, 3.8) is 0 Å². The molecule has 1 N–H and O–H groups in total. The van der Waals surface area contributed by atoms with Crippen LogP contribution in [0, 0.1) is 5.82 Å². The topological polar surface area (TPSA) is 32.3 Å². The summed E-state index contributed by atoms with van der Waals surface area (Å²) in [5.41, 5.74) is 0.673. The van der Waals surface area contributed by atoms with E-state index in [2.05, 4.69) is 21.2 Å². The Morgan fingerprint density at radius 3 is 2.75 bits per heavy atom. The third-order valence-corrected chi connectivity index (χ3v) is 2.73. The highest BCUT2D eigenvalue weighted by Gasteiger charge is 2.04. The second-order valence-electron chi connectivity index (χ2n) is 3.59. The quantitative estimate of drug-likeness (QED) is 0.923. The van der Waals surface area contributed by atoms with Crippen LogP contribution in [0.1, 0.15) is 6.42 Å². The van der Waals surface area contributed by atoms with Gasteiger partial charge < -0.3 is 10.2 Å². The van der Waals surface area contributed by atoms with Gasteiger partial charge in [-0.1, -0.05) is 0 Å². The number of benzene rings is 1. The van der Waals surface area contributed by atoms with Crippen LogP contribution in [0.4, 0.5) is 10.1 Å². The molecule has 0 saturated carbocycles. The lowest BCUT2D eigenvalue weighted by Crippen LogP contribution is -2.23. The SMILES string of the molecule is CN(C)C(=O)CCNc1ccc(Br)c(F)c1. The summed E-state index contributed by atoms with van der Waals surface area (Å²) in [5, 5.41) is 2.99. The maximum atomic E-state index is 13.1. The van der Waals surface area contributed by atoms with Crippen molar-refractivity contribution in [1.82, 2.24) is 4.90 Å². The van der Waals surface area contributed by atoms with Gasteiger partial charge in [-0.3, -0.25) is 4.79 Å². The maximum absolute atomic E-state index is 13.1. The van der Waals surface area contributed by atoms with Gasteiger partial charge >= 0.3 is 0 Å². The van der Waals surface area contributed by atoms with Gasteiger partial charge in [0, 0.05) is 32.7 Å². The molecule has 0 fully saturated rings. The van der Waals surface area contributed by atoms with E-state index in [9.17, 15) is 9.18 Å². The zero-order chi connectivity index (χ0) is 12.1. The molecule has 0 aliphatic carbocycles. The molecule has 0 saturated heterocycles. The van der Waals surface area contributed by atoms with E-state index in [4.69, 9.17) is 0 Å². The molecular weight excluding hydrogens is 275 g/mol. The number of hydrogen-bond donors (Lipinski definition) is 1. The standard InChI is InChI=1S/C11H14BrFN2O/c1-15(2)11(16)5-6-14-8-3-4-9(12)10(13)7-8/h3-4,7,14H,5-6H2,1-2H3. The predicted molar refractivity (Wildman–Crippen MR) is 65.9 cm³/mol. The van der Waals surface area contributed by atoms with E-state index >= 15 is 0 Å². The first-order valence-electron chi connectivity index (χ1n) is 4.90. The van der Waals surface area contributed by atoms with Gasteiger partial charge in [0.05, 0.1) is 4.47 Å². The number of rotatable bonds is 4. The van der Waals surface area contributed by atoms with E-state index < -0.39 is 0 Å². The van der Waals surface area contributed by atoms with E-state index in [0.717, 1.165) is 0 Å². The smallest absolute Gasteiger partial charge is 0.223 e. The zero-order valence-electron chi connectivity index (χ0n) is 9.26. The molecule has 1 aromatic carbocycles. The third kappa shape index (κ3) is 3.81. The van der Waals surface area contributed by atoms with Crippen molar-refractivity contribution in [3.05, 3.63) is 28.5 Å². The number of carbonyl (C=O) groups excluding carboxylic acids is 1. The largest absolute Gasteiger partial charge is 0.384 e. The molecule has 0 radical (unpaired) electrons. The fraction of sp³-hybridized carbons (Fsp3) is 0.364. The number of halogens is 2. The molecule has 1 aromatic rings. The summed E-state index contributed by atoms with van der Waals surface area (Å²) < 4.78 is 13.6. The Balaban J connectivity index is 2.43. The molecular formula is C11H14BrFN2O. The maximum Gasteiger partial charge on any atom is 0.223 e. The van der Waals surface area contributed by atoms with Gasteiger partial charge in [-0.05, 0) is 34.1 Å². The fourth-order valence-corrected chi connectivity index (χ4v) is 1.39. The molecule has 0 aromatic heterocycles. The minimum atomic E-state index is -0.316. The number of carbonyl (C=O) groups is 1. The van der Waals surface area contributed by atoms with Crippen LogP contribution in [-0.2, 0) is 4.79 Å². The molecule has 0 unspecified atom stereocenters. The molecule has 16 heavy (non-hydrogen) atoms. The minimum Gasteiger partial charge on any atom is -0.384 e. The summed E-state index contributed by atoms with van der Waals surface area (Å²) >= 11 is 3.08. The highest BCUT2D eigenvalue weighted by Crippen LogP contribution is 2.19. The molecule has 3 nitrogen and oxygen atoms in total. The number of hydrogen-bond acceptors (Lipinski definition) is 2. The number of nitrogens with zero attached hydrogens (tertiary/aromatic N) is 1. The van der Waals surface area contributed by atoms with Gasteiger partial charge in [-0.2, -0.15) is 0 Å². The van der Waals surface area contributed by atoms with Gasteiger partial charge in [0.25, 0.3) is 0 Å². The van der Waals surface area contributed by atoms with E-state index in [1.54, 1.807) is 26.2 Å². The molecule has 0 heterocycles. The molecule has 0 aliphatic rings. The highest BCUT2D eigenvalue weighted by atomic mass is 79.9. The molecule has 0 spiro atoms. The summed E-state index contributed by atoms with van der Waals surface area (Å²) in [6, 6.07) is 4.78. The molecule has 0 bridgehead atoms. The Hall–Kier alpha value is -1.10. The van der Waals surface area contributed by atoms with Crippen molar-refractivity contribution in [1.29, 1.82) is 0 Å². The Morgan fingerprint density at radius 2 is 2.19 bits per heavy atom. The van der Waals surface area contributed by atoms with Crippen molar-refractivity contribution in [2.75, 3.05) is 26.0 Å². The Labute approximate surface area is 103 Å². The first-order valence-corrected chi connectivity index (χ1v) is 5.69. The van der Waals surface area contributed by atoms with E-state index in [1.807, 2.05) is 0 Å². The summed E-state index contributed by atoms with van der Waals surface area (Å²) in [5.74, 6) is -0.269. The summed E-state index contributed by atoms with van der Waals surface area (Å²) in [7, 11) is 3.42. The van der Waals surface area contributed by atoms with Crippen molar-refractivity contribution in [3.8, 4) is 0 Å². The number of anilines is 1. The second-order valence-corrected chi connectivity index (χ2v) is 4.45. The van der Waals surface area contributed by atoms with Crippen LogP contribution in [0.15, 0.2) is 22.7 Å². The summed E-state index contributed by atoms with van der Waals surface area (Å²) in [6.45, 7) is 0.498. The molecule has 0 atom stereocenters. The highest BCUT2D eigenvalue weighted by molar-refractivity contribution is 9.10. The Kier molecular flexibility index (Phi) is 4.73. The van der Waals surface area contributed by atoms with E-state index in [0.29, 0.717) is 23.1 Å².